The minimum Gasteiger partial charge on any atom is -0.389 e. The lowest BCUT2D eigenvalue weighted by molar-refractivity contribution is -0.121. The quantitative estimate of drug-likeness (QED) is 0.841. The molecule has 1 aromatic carbocycles. The van der Waals surface area contributed by atoms with Crippen LogP contribution in [0.25, 0.3) is 0 Å². The van der Waals surface area contributed by atoms with Gasteiger partial charge < -0.3 is 11.1 Å². The molecule has 0 aromatic heterocycles. The molecule has 3 N–H and O–H groups in total. The van der Waals surface area contributed by atoms with Crippen LogP contribution in [0.15, 0.2) is 18.2 Å². The van der Waals surface area contributed by atoms with E-state index in [9.17, 15) is 4.79 Å². The average Bonchev–Trinajstić information content (AvgIpc) is 3.00. The molecule has 3 nitrogen and oxygen atoms in total. The number of hydrogen-bond donors (Lipinski definition) is 2. The highest BCUT2D eigenvalue weighted by molar-refractivity contribution is 7.80. The average molecular weight is 288 g/mol. The zero-order valence-electron chi connectivity index (χ0n) is 11.7. The minimum atomic E-state index is 0.139. The van der Waals surface area contributed by atoms with E-state index in [0.717, 1.165) is 29.2 Å². The summed E-state index contributed by atoms with van der Waals surface area (Å²) in [6, 6.07) is 5.77. The summed E-state index contributed by atoms with van der Waals surface area (Å²) in [5, 5.41) is 3.05. The first-order valence-electron chi connectivity index (χ1n) is 7.26. The van der Waals surface area contributed by atoms with Crippen LogP contribution in [-0.2, 0) is 4.79 Å². The molecule has 1 aromatic rings. The van der Waals surface area contributed by atoms with Crippen molar-refractivity contribution in [1.82, 2.24) is 0 Å². The van der Waals surface area contributed by atoms with Crippen molar-refractivity contribution in [2.75, 3.05) is 5.32 Å². The molecule has 2 fully saturated rings. The fourth-order valence-electron chi connectivity index (χ4n) is 3.89. The Bertz CT molecular complexity index is 570. The van der Waals surface area contributed by atoms with Crippen molar-refractivity contribution < 1.29 is 4.79 Å². The summed E-state index contributed by atoms with van der Waals surface area (Å²) in [5.41, 5.74) is 8.33. The van der Waals surface area contributed by atoms with Gasteiger partial charge in [-0.15, -0.1) is 0 Å². The number of carbonyl (C=O) groups is 1. The Morgan fingerprint density at radius 2 is 2.15 bits per heavy atom. The molecule has 0 saturated heterocycles. The Balaban J connectivity index is 1.80. The molecule has 2 bridgehead atoms. The van der Waals surface area contributed by atoms with Crippen LogP contribution in [0, 0.1) is 24.7 Å². The van der Waals surface area contributed by atoms with Gasteiger partial charge in [-0.05, 0) is 49.7 Å². The summed E-state index contributed by atoms with van der Waals surface area (Å²) in [7, 11) is 0. The van der Waals surface area contributed by atoms with Crippen molar-refractivity contribution in [2.24, 2.45) is 23.5 Å². The van der Waals surface area contributed by atoms with E-state index >= 15 is 0 Å². The van der Waals surface area contributed by atoms with E-state index < -0.39 is 0 Å². The molecule has 0 aliphatic heterocycles. The van der Waals surface area contributed by atoms with Crippen LogP contribution in [-0.4, -0.2) is 10.9 Å². The largest absolute Gasteiger partial charge is 0.389 e. The number of anilines is 1. The van der Waals surface area contributed by atoms with E-state index in [4.69, 9.17) is 18.0 Å². The van der Waals surface area contributed by atoms with Crippen LogP contribution in [0.2, 0.25) is 0 Å². The van der Waals surface area contributed by atoms with Crippen molar-refractivity contribution in [3.8, 4) is 0 Å². The van der Waals surface area contributed by atoms with Crippen molar-refractivity contribution in [3.05, 3.63) is 29.3 Å². The van der Waals surface area contributed by atoms with Crippen molar-refractivity contribution in [3.63, 3.8) is 0 Å². The Morgan fingerprint density at radius 1 is 1.35 bits per heavy atom. The topological polar surface area (TPSA) is 55.1 Å². The number of fused-ring (bicyclic) bond motifs is 2. The number of benzene rings is 1. The number of nitrogens with two attached hydrogens (primary N) is 1. The first-order valence-corrected chi connectivity index (χ1v) is 7.67. The second kappa shape index (κ2) is 5.17. The third kappa shape index (κ3) is 2.33. The fourth-order valence-corrected chi connectivity index (χ4v) is 4.16. The van der Waals surface area contributed by atoms with E-state index in [-0.39, 0.29) is 11.8 Å². The zero-order chi connectivity index (χ0) is 14.3. The van der Waals surface area contributed by atoms with Gasteiger partial charge in [0.2, 0.25) is 5.91 Å². The highest BCUT2D eigenvalue weighted by Crippen LogP contribution is 2.48. The molecule has 0 spiro atoms. The van der Waals surface area contributed by atoms with Gasteiger partial charge in [-0.2, -0.15) is 0 Å². The van der Waals surface area contributed by atoms with E-state index in [1.165, 1.54) is 19.3 Å². The minimum absolute atomic E-state index is 0.139. The van der Waals surface area contributed by atoms with Gasteiger partial charge in [0.05, 0.1) is 5.69 Å². The third-order valence-corrected chi connectivity index (χ3v) is 5.06. The fraction of sp³-hybridized carbons (Fsp3) is 0.500. The molecule has 3 atom stereocenters. The molecule has 1 amide bonds. The van der Waals surface area contributed by atoms with E-state index in [1.54, 1.807) is 0 Å². The summed E-state index contributed by atoms with van der Waals surface area (Å²) in [6.45, 7) is 1.96. The van der Waals surface area contributed by atoms with Gasteiger partial charge in [0.25, 0.3) is 0 Å². The van der Waals surface area contributed by atoms with Crippen molar-refractivity contribution in [1.29, 1.82) is 0 Å². The van der Waals surface area contributed by atoms with Crippen LogP contribution >= 0.6 is 12.2 Å². The number of carbonyl (C=O) groups excluding carboxylic acids is 1. The summed E-state index contributed by atoms with van der Waals surface area (Å²) < 4.78 is 0. The second-order valence-electron chi connectivity index (χ2n) is 6.13. The molecule has 0 heterocycles. The number of nitrogens with one attached hydrogen (secondary N) is 1. The van der Waals surface area contributed by atoms with Crippen LogP contribution in [0.5, 0.6) is 0 Å². The maximum absolute atomic E-state index is 12.5. The lowest BCUT2D eigenvalue weighted by atomic mass is 9.88. The molecule has 106 valence electrons. The van der Waals surface area contributed by atoms with Gasteiger partial charge in [0, 0.05) is 11.5 Å². The second-order valence-corrected chi connectivity index (χ2v) is 6.57. The normalized spacial score (nSPS) is 27.6. The molecular formula is C16H20N2OS. The van der Waals surface area contributed by atoms with Gasteiger partial charge in [-0.1, -0.05) is 30.8 Å². The maximum atomic E-state index is 12.5. The number of rotatable bonds is 3. The molecule has 20 heavy (non-hydrogen) atoms. The number of thiocarbonyl (C=S) groups is 1. The summed E-state index contributed by atoms with van der Waals surface area (Å²) in [6.07, 6.45) is 4.79. The predicted molar refractivity (Wildman–Crippen MR) is 84.6 cm³/mol. The SMILES string of the molecule is Cc1cccc(NC(=O)C2CC3CCC2C3)c1C(N)=S. The van der Waals surface area contributed by atoms with Crippen LogP contribution in [0.3, 0.4) is 0 Å². The Morgan fingerprint density at radius 3 is 2.75 bits per heavy atom. The Hall–Kier alpha value is -1.42. The smallest absolute Gasteiger partial charge is 0.227 e. The van der Waals surface area contributed by atoms with Gasteiger partial charge in [0.1, 0.15) is 4.99 Å². The van der Waals surface area contributed by atoms with Gasteiger partial charge in [-0.25, -0.2) is 0 Å². The molecule has 2 aliphatic carbocycles. The molecule has 4 heteroatoms. The maximum Gasteiger partial charge on any atom is 0.227 e. The molecule has 3 rings (SSSR count). The third-order valence-electron chi connectivity index (χ3n) is 4.85. The van der Waals surface area contributed by atoms with Gasteiger partial charge >= 0.3 is 0 Å². The molecule has 0 radical (unpaired) electrons. The zero-order valence-corrected chi connectivity index (χ0v) is 12.5. The van der Waals surface area contributed by atoms with E-state index in [0.29, 0.717) is 10.9 Å². The molecule has 2 saturated carbocycles. The summed E-state index contributed by atoms with van der Waals surface area (Å²) in [5.74, 6) is 1.66. The highest BCUT2D eigenvalue weighted by atomic mass is 32.1. The first kappa shape index (κ1) is 13.6. The monoisotopic (exact) mass is 288 g/mol. The predicted octanol–water partition coefficient (Wildman–Crippen LogP) is 3.00. The number of aryl methyl sites for hydroxylation is 1. The van der Waals surface area contributed by atoms with Crippen LogP contribution in [0.4, 0.5) is 5.69 Å². The van der Waals surface area contributed by atoms with Crippen LogP contribution < -0.4 is 11.1 Å². The number of hydrogen-bond acceptors (Lipinski definition) is 2. The molecule has 2 aliphatic rings. The summed E-state index contributed by atoms with van der Waals surface area (Å²) >= 11 is 5.10. The highest BCUT2D eigenvalue weighted by Gasteiger charge is 2.43. The Labute approximate surface area is 124 Å². The number of amides is 1. The lowest BCUT2D eigenvalue weighted by Crippen LogP contribution is -2.28. The van der Waals surface area contributed by atoms with Crippen molar-refractivity contribution in [2.45, 2.75) is 32.6 Å². The molecular weight excluding hydrogens is 268 g/mol. The van der Waals surface area contributed by atoms with Crippen molar-refractivity contribution >= 4 is 28.8 Å². The Kier molecular flexibility index (Phi) is 3.50. The van der Waals surface area contributed by atoms with E-state index in [1.807, 2.05) is 25.1 Å². The van der Waals surface area contributed by atoms with E-state index in [2.05, 4.69) is 5.32 Å². The standard InChI is InChI=1S/C16H20N2OS/c1-9-3-2-4-13(14(9)15(17)20)18-16(19)12-8-10-5-6-11(12)7-10/h2-4,10-12H,5-8H2,1H3,(H2,17,20)(H,18,19). The van der Waals surface area contributed by atoms with Gasteiger partial charge in [0.15, 0.2) is 0 Å². The first-order chi connectivity index (χ1) is 9.56. The lowest BCUT2D eigenvalue weighted by Gasteiger charge is -2.22. The molecule has 3 unspecified atom stereocenters. The van der Waals surface area contributed by atoms with Crippen LogP contribution in [0.1, 0.15) is 36.8 Å². The van der Waals surface area contributed by atoms with Gasteiger partial charge in [-0.3, -0.25) is 4.79 Å². The summed E-state index contributed by atoms with van der Waals surface area (Å²) in [4.78, 5) is 12.8.